The number of nitrogens with zero attached hydrogens (tertiary/aromatic N) is 3. The predicted molar refractivity (Wildman–Crippen MR) is 110 cm³/mol. The van der Waals surface area contributed by atoms with Gasteiger partial charge in [0, 0.05) is 54.4 Å². The molecule has 0 spiro atoms. The average Bonchev–Trinajstić information content (AvgIpc) is 3.32. The molecular weight excluding hydrogens is 358 g/mol. The predicted octanol–water partition coefficient (Wildman–Crippen LogP) is 3.13. The summed E-state index contributed by atoms with van der Waals surface area (Å²) < 4.78 is 0. The maximum atomic E-state index is 12.8. The lowest BCUT2D eigenvalue weighted by atomic mass is 9.95. The van der Waals surface area contributed by atoms with E-state index < -0.39 is 0 Å². The Hall–Kier alpha value is -1.40. The Labute approximate surface area is 167 Å². The molecule has 1 aromatic rings. The number of thiophene rings is 1. The minimum absolute atomic E-state index is 0.113. The van der Waals surface area contributed by atoms with Gasteiger partial charge in [-0.2, -0.15) is 0 Å². The van der Waals surface area contributed by atoms with Crippen LogP contribution in [0.4, 0.5) is 0 Å². The number of amides is 2. The Kier molecular flexibility index (Phi) is 6.93. The zero-order valence-corrected chi connectivity index (χ0v) is 17.8. The number of carbonyl (C=O) groups is 2. The molecule has 3 rings (SSSR count). The zero-order chi connectivity index (χ0) is 19.4. The molecule has 0 unspecified atom stereocenters. The number of hydrogen-bond acceptors (Lipinski definition) is 4. The maximum absolute atomic E-state index is 12.8. The first-order valence-electron chi connectivity index (χ1n) is 10.3. The van der Waals surface area contributed by atoms with Crippen molar-refractivity contribution in [1.82, 2.24) is 14.7 Å². The Balaban J connectivity index is 1.49. The van der Waals surface area contributed by atoms with Gasteiger partial charge in [-0.05, 0) is 58.6 Å². The van der Waals surface area contributed by atoms with Crippen LogP contribution >= 0.6 is 11.3 Å². The molecule has 1 aromatic heterocycles. The number of rotatable bonds is 6. The van der Waals surface area contributed by atoms with Gasteiger partial charge in [0.2, 0.25) is 11.8 Å². The molecule has 0 aliphatic carbocycles. The SMILES string of the molecule is Cc1ccc(CN(CC(=O)N2CCC(C(=O)N3CCCC3)CC2)C(C)C)s1. The van der Waals surface area contributed by atoms with Gasteiger partial charge in [0.15, 0.2) is 0 Å². The summed E-state index contributed by atoms with van der Waals surface area (Å²) in [6.07, 6.45) is 3.90. The molecule has 3 heterocycles. The summed E-state index contributed by atoms with van der Waals surface area (Å²) in [5.74, 6) is 0.628. The molecular formula is C21H33N3O2S. The van der Waals surface area contributed by atoms with Crippen LogP contribution in [0.2, 0.25) is 0 Å². The Morgan fingerprint density at radius 1 is 1.11 bits per heavy atom. The molecule has 150 valence electrons. The second kappa shape index (κ2) is 9.20. The summed E-state index contributed by atoms with van der Waals surface area (Å²) >= 11 is 1.80. The van der Waals surface area contributed by atoms with E-state index in [-0.39, 0.29) is 11.8 Å². The zero-order valence-electron chi connectivity index (χ0n) is 16.9. The van der Waals surface area contributed by atoms with Crippen LogP contribution in [0.15, 0.2) is 12.1 Å². The van der Waals surface area contributed by atoms with E-state index in [1.165, 1.54) is 9.75 Å². The van der Waals surface area contributed by atoms with Gasteiger partial charge in [0.25, 0.3) is 0 Å². The van der Waals surface area contributed by atoms with Crippen LogP contribution in [-0.2, 0) is 16.1 Å². The molecule has 0 saturated carbocycles. The van der Waals surface area contributed by atoms with E-state index in [0.717, 1.165) is 45.3 Å². The van der Waals surface area contributed by atoms with Crippen molar-refractivity contribution < 1.29 is 9.59 Å². The molecule has 5 nitrogen and oxygen atoms in total. The molecule has 6 heteroatoms. The number of carbonyl (C=O) groups excluding carboxylic acids is 2. The fourth-order valence-corrected chi connectivity index (χ4v) is 4.95. The van der Waals surface area contributed by atoms with E-state index in [1.807, 2.05) is 9.80 Å². The van der Waals surface area contributed by atoms with E-state index >= 15 is 0 Å². The van der Waals surface area contributed by atoms with Crippen molar-refractivity contribution in [3.8, 4) is 0 Å². The Morgan fingerprint density at radius 2 is 1.78 bits per heavy atom. The summed E-state index contributed by atoms with van der Waals surface area (Å²) in [6.45, 7) is 11.0. The first-order valence-corrected chi connectivity index (χ1v) is 11.1. The number of hydrogen-bond donors (Lipinski definition) is 0. The van der Waals surface area contributed by atoms with Crippen molar-refractivity contribution in [3.63, 3.8) is 0 Å². The first kappa shape index (κ1) is 20.3. The third-order valence-corrected chi connectivity index (χ3v) is 6.82. The van der Waals surface area contributed by atoms with Gasteiger partial charge >= 0.3 is 0 Å². The Morgan fingerprint density at radius 3 is 2.33 bits per heavy atom. The van der Waals surface area contributed by atoms with Crippen LogP contribution in [0.1, 0.15) is 49.3 Å². The van der Waals surface area contributed by atoms with Crippen molar-refractivity contribution in [3.05, 3.63) is 21.9 Å². The molecule has 0 radical (unpaired) electrons. The topological polar surface area (TPSA) is 43.9 Å². The lowest BCUT2D eigenvalue weighted by molar-refractivity contribution is -0.140. The van der Waals surface area contributed by atoms with Crippen LogP contribution < -0.4 is 0 Å². The molecule has 0 bridgehead atoms. The van der Waals surface area contributed by atoms with E-state index in [1.54, 1.807) is 11.3 Å². The van der Waals surface area contributed by atoms with Gasteiger partial charge < -0.3 is 9.80 Å². The molecule has 27 heavy (non-hydrogen) atoms. The highest BCUT2D eigenvalue weighted by molar-refractivity contribution is 7.11. The minimum atomic E-state index is 0.113. The molecule has 2 amide bonds. The smallest absolute Gasteiger partial charge is 0.236 e. The first-order chi connectivity index (χ1) is 12.9. The lowest BCUT2D eigenvalue weighted by Crippen LogP contribution is -2.47. The van der Waals surface area contributed by atoms with Gasteiger partial charge in [0.05, 0.1) is 6.54 Å². The maximum Gasteiger partial charge on any atom is 0.236 e. The summed E-state index contributed by atoms with van der Waals surface area (Å²) in [5.41, 5.74) is 0. The van der Waals surface area contributed by atoms with Crippen LogP contribution in [-0.4, -0.2) is 65.3 Å². The molecule has 2 fully saturated rings. The van der Waals surface area contributed by atoms with E-state index in [9.17, 15) is 9.59 Å². The van der Waals surface area contributed by atoms with Gasteiger partial charge in [-0.15, -0.1) is 11.3 Å². The lowest BCUT2D eigenvalue weighted by Gasteiger charge is -2.35. The number of likely N-dealkylation sites (tertiary alicyclic amines) is 2. The Bertz CT molecular complexity index is 644. The van der Waals surface area contributed by atoms with Crippen LogP contribution in [0.25, 0.3) is 0 Å². The summed E-state index contributed by atoms with van der Waals surface area (Å²) in [7, 11) is 0. The van der Waals surface area contributed by atoms with Crippen molar-refractivity contribution in [2.45, 2.75) is 59.0 Å². The van der Waals surface area contributed by atoms with Crippen LogP contribution in [0, 0.1) is 12.8 Å². The van der Waals surface area contributed by atoms with E-state index in [0.29, 0.717) is 31.6 Å². The van der Waals surface area contributed by atoms with Crippen molar-refractivity contribution in [1.29, 1.82) is 0 Å². The van der Waals surface area contributed by atoms with Crippen molar-refractivity contribution in [2.24, 2.45) is 5.92 Å². The number of piperidine rings is 1. The fraction of sp³-hybridized carbons (Fsp3) is 0.714. The number of aryl methyl sites for hydroxylation is 1. The standard InChI is InChI=1S/C21H33N3O2S/c1-16(2)24(14-19-7-6-17(3)27-19)15-20(25)22-12-8-18(9-13-22)21(26)23-10-4-5-11-23/h6-7,16,18H,4-5,8-15H2,1-3H3. The summed E-state index contributed by atoms with van der Waals surface area (Å²) in [4.78, 5) is 34.2. The summed E-state index contributed by atoms with van der Waals surface area (Å²) in [5, 5.41) is 0. The monoisotopic (exact) mass is 391 g/mol. The van der Waals surface area contributed by atoms with Gasteiger partial charge in [-0.25, -0.2) is 0 Å². The van der Waals surface area contributed by atoms with Crippen LogP contribution in [0.5, 0.6) is 0 Å². The van der Waals surface area contributed by atoms with Crippen LogP contribution in [0.3, 0.4) is 0 Å². The quantitative estimate of drug-likeness (QED) is 0.748. The highest BCUT2D eigenvalue weighted by Gasteiger charge is 2.31. The highest BCUT2D eigenvalue weighted by Crippen LogP contribution is 2.23. The molecule has 0 atom stereocenters. The third kappa shape index (κ3) is 5.32. The fourth-order valence-electron chi connectivity index (χ4n) is 4.04. The normalized spacial score (nSPS) is 18.7. The molecule has 0 aromatic carbocycles. The van der Waals surface area contributed by atoms with Crippen molar-refractivity contribution >= 4 is 23.2 Å². The van der Waals surface area contributed by atoms with Gasteiger partial charge in [-0.1, -0.05) is 0 Å². The van der Waals surface area contributed by atoms with Gasteiger partial charge in [0.1, 0.15) is 0 Å². The summed E-state index contributed by atoms with van der Waals surface area (Å²) in [6, 6.07) is 4.63. The third-order valence-electron chi connectivity index (χ3n) is 5.84. The van der Waals surface area contributed by atoms with E-state index in [2.05, 4.69) is 37.8 Å². The molecule has 2 aliphatic heterocycles. The molecule has 0 N–H and O–H groups in total. The van der Waals surface area contributed by atoms with Crippen molar-refractivity contribution in [2.75, 3.05) is 32.7 Å². The highest BCUT2D eigenvalue weighted by atomic mass is 32.1. The molecule has 2 saturated heterocycles. The van der Waals surface area contributed by atoms with E-state index in [4.69, 9.17) is 0 Å². The average molecular weight is 392 g/mol. The molecule has 2 aliphatic rings. The minimum Gasteiger partial charge on any atom is -0.342 e. The van der Waals surface area contributed by atoms with Gasteiger partial charge in [-0.3, -0.25) is 14.5 Å². The largest absolute Gasteiger partial charge is 0.342 e. The second-order valence-corrected chi connectivity index (χ2v) is 9.57. The second-order valence-electron chi connectivity index (χ2n) is 8.20.